The second-order valence-electron chi connectivity index (χ2n) is 3.68. The zero-order chi connectivity index (χ0) is 12.8. The van der Waals surface area contributed by atoms with Crippen LogP contribution in [0.1, 0.15) is 19.0 Å². The van der Waals surface area contributed by atoms with Crippen LogP contribution in [0.2, 0.25) is 5.02 Å². The Hall–Kier alpha value is -1.07. The summed E-state index contributed by atoms with van der Waals surface area (Å²) in [4.78, 5) is 11.5. The molecule has 0 bridgehead atoms. The smallest absolute Gasteiger partial charge is 0.323 e. The second kappa shape index (κ2) is 6.61. The largest absolute Gasteiger partial charge is 0.465 e. The van der Waals surface area contributed by atoms with E-state index >= 15 is 0 Å². The molecule has 96 valence electrons. The summed E-state index contributed by atoms with van der Waals surface area (Å²) < 4.78 is 6.75. The van der Waals surface area contributed by atoms with Crippen LogP contribution in [0, 0.1) is 6.92 Å². The van der Waals surface area contributed by atoms with Gasteiger partial charge in [0.2, 0.25) is 0 Å². The molecule has 1 aromatic rings. The van der Waals surface area contributed by atoms with Crippen LogP contribution < -0.4 is 5.32 Å². The van der Waals surface area contributed by atoms with E-state index in [1.165, 1.54) is 0 Å². The molecule has 17 heavy (non-hydrogen) atoms. The van der Waals surface area contributed by atoms with Crippen LogP contribution in [0.3, 0.4) is 0 Å². The van der Waals surface area contributed by atoms with Crippen molar-refractivity contribution in [2.24, 2.45) is 0 Å². The molecular formula is C11H18ClN3O2. The van der Waals surface area contributed by atoms with Crippen LogP contribution in [-0.4, -0.2) is 35.4 Å². The zero-order valence-electron chi connectivity index (χ0n) is 10.4. The quantitative estimate of drug-likeness (QED) is 0.785. The maximum atomic E-state index is 11.5. The van der Waals surface area contributed by atoms with E-state index in [0.717, 1.165) is 5.69 Å². The summed E-state index contributed by atoms with van der Waals surface area (Å²) in [5, 5.41) is 7.71. The molecule has 1 heterocycles. The van der Waals surface area contributed by atoms with Crippen molar-refractivity contribution in [2.75, 3.05) is 13.7 Å². The van der Waals surface area contributed by atoms with Gasteiger partial charge in [-0.1, -0.05) is 11.6 Å². The van der Waals surface area contributed by atoms with E-state index in [4.69, 9.17) is 16.3 Å². The number of nitrogens with zero attached hydrogens (tertiary/aromatic N) is 2. The molecular weight excluding hydrogens is 242 g/mol. The fourth-order valence-corrected chi connectivity index (χ4v) is 1.66. The minimum Gasteiger partial charge on any atom is -0.465 e. The lowest BCUT2D eigenvalue weighted by atomic mass is 10.2. The van der Waals surface area contributed by atoms with Gasteiger partial charge in [-0.2, -0.15) is 5.10 Å². The summed E-state index contributed by atoms with van der Waals surface area (Å²) in [7, 11) is 1.74. The van der Waals surface area contributed by atoms with Crippen LogP contribution in [0.4, 0.5) is 0 Å². The monoisotopic (exact) mass is 259 g/mol. The van der Waals surface area contributed by atoms with Gasteiger partial charge in [0.25, 0.3) is 0 Å². The number of likely N-dealkylation sites (N-methyl/N-ethyl adjacent to an activating group) is 1. The molecule has 0 spiro atoms. The summed E-state index contributed by atoms with van der Waals surface area (Å²) in [6.45, 7) is 4.71. The van der Waals surface area contributed by atoms with E-state index in [1.807, 2.05) is 6.92 Å². The summed E-state index contributed by atoms with van der Waals surface area (Å²) in [6, 6.07) is -0.308. The van der Waals surface area contributed by atoms with Gasteiger partial charge in [0.15, 0.2) is 0 Å². The third-order valence-corrected chi connectivity index (χ3v) is 2.96. The number of esters is 1. The van der Waals surface area contributed by atoms with Crippen molar-refractivity contribution in [1.29, 1.82) is 0 Å². The van der Waals surface area contributed by atoms with Crippen molar-refractivity contribution in [1.82, 2.24) is 15.1 Å². The van der Waals surface area contributed by atoms with Crippen molar-refractivity contribution in [3.8, 4) is 0 Å². The fourth-order valence-electron chi connectivity index (χ4n) is 1.52. The van der Waals surface area contributed by atoms with Crippen molar-refractivity contribution < 1.29 is 9.53 Å². The lowest BCUT2D eigenvalue weighted by Crippen LogP contribution is -2.36. The van der Waals surface area contributed by atoms with Gasteiger partial charge in [-0.3, -0.25) is 9.48 Å². The average Bonchev–Trinajstić information content (AvgIpc) is 2.62. The maximum absolute atomic E-state index is 11.5. The van der Waals surface area contributed by atoms with Crippen LogP contribution in [0.15, 0.2) is 6.20 Å². The number of ether oxygens (including phenoxy) is 1. The zero-order valence-corrected chi connectivity index (χ0v) is 11.1. The van der Waals surface area contributed by atoms with Gasteiger partial charge in [-0.25, -0.2) is 0 Å². The van der Waals surface area contributed by atoms with E-state index in [0.29, 0.717) is 24.6 Å². The standard InChI is InChI=1S/C11H18ClN3O2/c1-4-17-11(16)10(13-3)5-6-15-8(2)9(12)7-14-15/h7,10,13H,4-6H2,1-3H3. The molecule has 0 radical (unpaired) electrons. The molecule has 0 aliphatic carbocycles. The average molecular weight is 260 g/mol. The van der Waals surface area contributed by atoms with Crippen molar-refractivity contribution in [3.05, 3.63) is 16.9 Å². The Morgan fingerprint density at radius 2 is 2.41 bits per heavy atom. The maximum Gasteiger partial charge on any atom is 0.323 e. The Bertz CT molecular complexity index is 379. The molecule has 5 nitrogen and oxygen atoms in total. The number of hydrogen-bond acceptors (Lipinski definition) is 4. The van der Waals surface area contributed by atoms with Crippen LogP contribution in [-0.2, 0) is 16.1 Å². The Labute approximate surface area is 106 Å². The first-order valence-corrected chi connectivity index (χ1v) is 5.99. The molecule has 1 aromatic heterocycles. The Morgan fingerprint density at radius 3 is 2.88 bits per heavy atom. The van der Waals surface area contributed by atoms with Crippen LogP contribution in [0.5, 0.6) is 0 Å². The molecule has 0 aliphatic heterocycles. The number of carbonyl (C=O) groups is 1. The minimum atomic E-state index is -0.308. The highest BCUT2D eigenvalue weighted by molar-refractivity contribution is 6.31. The third kappa shape index (κ3) is 3.71. The predicted octanol–water partition coefficient (Wildman–Crippen LogP) is 1.39. The second-order valence-corrected chi connectivity index (χ2v) is 4.09. The first-order valence-electron chi connectivity index (χ1n) is 5.62. The van der Waals surface area contributed by atoms with Gasteiger partial charge in [0, 0.05) is 6.54 Å². The third-order valence-electron chi connectivity index (χ3n) is 2.59. The highest BCUT2D eigenvalue weighted by Gasteiger charge is 2.17. The number of aromatic nitrogens is 2. The first-order chi connectivity index (χ1) is 8.10. The van der Waals surface area contributed by atoms with Crippen molar-refractivity contribution in [3.63, 3.8) is 0 Å². The van der Waals surface area contributed by atoms with E-state index in [1.54, 1.807) is 24.9 Å². The van der Waals surface area contributed by atoms with Gasteiger partial charge in [0.1, 0.15) is 6.04 Å². The molecule has 1 unspecified atom stereocenters. The molecule has 1 N–H and O–H groups in total. The van der Waals surface area contributed by atoms with Gasteiger partial charge in [-0.15, -0.1) is 0 Å². The Balaban J connectivity index is 2.53. The van der Waals surface area contributed by atoms with Crippen LogP contribution >= 0.6 is 11.6 Å². The summed E-state index contributed by atoms with van der Waals surface area (Å²) in [5.41, 5.74) is 0.908. The van der Waals surface area contributed by atoms with E-state index in [9.17, 15) is 4.79 Å². The lowest BCUT2D eigenvalue weighted by Gasteiger charge is -2.14. The Kier molecular flexibility index (Phi) is 5.44. The minimum absolute atomic E-state index is 0.231. The lowest BCUT2D eigenvalue weighted by molar-refractivity contribution is -0.145. The van der Waals surface area contributed by atoms with Gasteiger partial charge in [0.05, 0.1) is 23.5 Å². The predicted molar refractivity (Wildman–Crippen MR) is 66.1 cm³/mol. The van der Waals surface area contributed by atoms with E-state index in [2.05, 4.69) is 10.4 Å². The van der Waals surface area contributed by atoms with E-state index in [-0.39, 0.29) is 12.0 Å². The molecule has 1 atom stereocenters. The molecule has 0 amide bonds. The van der Waals surface area contributed by atoms with E-state index < -0.39 is 0 Å². The summed E-state index contributed by atoms with van der Waals surface area (Å²) in [5.74, 6) is -0.231. The summed E-state index contributed by atoms with van der Waals surface area (Å²) >= 11 is 5.90. The molecule has 0 aliphatic rings. The van der Waals surface area contributed by atoms with Crippen LogP contribution in [0.25, 0.3) is 0 Å². The van der Waals surface area contributed by atoms with Gasteiger partial charge in [-0.05, 0) is 27.3 Å². The van der Waals surface area contributed by atoms with Crippen molar-refractivity contribution in [2.45, 2.75) is 32.9 Å². The molecule has 6 heteroatoms. The first kappa shape index (κ1) is 14.0. The normalized spacial score (nSPS) is 12.5. The number of aryl methyl sites for hydroxylation is 1. The topological polar surface area (TPSA) is 56.2 Å². The SMILES string of the molecule is CCOC(=O)C(CCn1ncc(Cl)c1C)NC. The molecule has 1 rings (SSSR count). The highest BCUT2D eigenvalue weighted by atomic mass is 35.5. The number of halogens is 1. The highest BCUT2D eigenvalue weighted by Crippen LogP contribution is 2.13. The van der Waals surface area contributed by atoms with Crippen molar-refractivity contribution >= 4 is 17.6 Å². The number of nitrogens with one attached hydrogen (secondary N) is 1. The Morgan fingerprint density at radius 1 is 1.71 bits per heavy atom. The number of hydrogen-bond donors (Lipinski definition) is 1. The number of rotatable bonds is 6. The van der Waals surface area contributed by atoms with Gasteiger partial charge < -0.3 is 10.1 Å². The molecule has 0 saturated carbocycles. The fraction of sp³-hybridized carbons (Fsp3) is 0.636. The molecule has 0 saturated heterocycles. The summed E-state index contributed by atoms with van der Waals surface area (Å²) in [6.07, 6.45) is 2.23. The van der Waals surface area contributed by atoms with Gasteiger partial charge >= 0.3 is 5.97 Å². The molecule has 0 aromatic carbocycles. The molecule has 0 fully saturated rings. The number of carbonyl (C=O) groups excluding carboxylic acids is 1.